The summed E-state index contributed by atoms with van der Waals surface area (Å²) in [4.78, 5) is 23.2. The Labute approximate surface area is 152 Å². The largest absolute Gasteiger partial charge is 0.361 e. The van der Waals surface area contributed by atoms with Crippen LogP contribution in [0.3, 0.4) is 0 Å². The molecule has 1 aromatic carbocycles. The first-order valence-electron chi connectivity index (χ1n) is 7.54. The Balaban J connectivity index is 1.89. The van der Waals surface area contributed by atoms with Crippen LogP contribution in [0.2, 0.25) is 5.02 Å². The summed E-state index contributed by atoms with van der Waals surface area (Å²) in [7, 11) is 0. The summed E-state index contributed by atoms with van der Waals surface area (Å²) >= 11 is 5.84. The van der Waals surface area contributed by atoms with E-state index in [1.807, 2.05) is 0 Å². The van der Waals surface area contributed by atoms with Gasteiger partial charge in [-0.3, -0.25) is 19.6 Å². The smallest absolute Gasteiger partial charge is 0.293 e. The maximum Gasteiger partial charge on any atom is 0.293 e. The van der Waals surface area contributed by atoms with Crippen LogP contribution in [-0.4, -0.2) is 25.8 Å². The van der Waals surface area contributed by atoms with Crippen molar-refractivity contribution in [3.63, 3.8) is 0 Å². The molecule has 3 aromatic rings. The minimum atomic E-state index is -0.609. The van der Waals surface area contributed by atoms with Crippen LogP contribution in [0.1, 0.15) is 27.4 Å². The van der Waals surface area contributed by atoms with Gasteiger partial charge in [0.25, 0.3) is 11.6 Å². The zero-order valence-corrected chi connectivity index (χ0v) is 14.6. The van der Waals surface area contributed by atoms with E-state index >= 15 is 0 Å². The van der Waals surface area contributed by atoms with Gasteiger partial charge in [-0.25, -0.2) is 0 Å². The van der Waals surface area contributed by atoms with Gasteiger partial charge in [-0.1, -0.05) is 22.8 Å². The van der Waals surface area contributed by atoms with Crippen molar-refractivity contribution in [1.29, 1.82) is 0 Å². The molecule has 0 spiro atoms. The first-order valence-corrected chi connectivity index (χ1v) is 7.92. The number of nitrogens with zero attached hydrogens (tertiary/aromatic N) is 4. The number of benzene rings is 1. The molecule has 2 aromatic heterocycles. The van der Waals surface area contributed by atoms with Crippen LogP contribution < -0.4 is 5.32 Å². The van der Waals surface area contributed by atoms with Gasteiger partial charge >= 0.3 is 0 Å². The highest BCUT2D eigenvalue weighted by Gasteiger charge is 2.23. The number of anilines is 1. The predicted octanol–water partition coefficient (Wildman–Crippen LogP) is 3.35. The molecule has 0 bridgehead atoms. The molecule has 1 amide bonds. The molecular formula is C16H14ClN5O4. The van der Waals surface area contributed by atoms with E-state index in [1.54, 1.807) is 26.1 Å². The fourth-order valence-electron chi connectivity index (χ4n) is 2.42. The van der Waals surface area contributed by atoms with Crippen molar-refractivity contribution in [2.75, 3.05) is 5.32 Å². The lowest BCUT2D eigenvalue weighted by molar-refractivity contribution is -0.384. The van der Waals surface area contributed by atoms with Crippen LogP contribution in [-0.2, 0) is 6.54 Å². The third-order valence-electron chi connectivity index (χ3n) is 3.72. The molecule has 134 valence electrons. The third-order valence-corrected chi connectivity index (χ3v) is 3.91. The number of hydrogen-bond donors (Lipinski definition) is 1. The quantitative estimate of drug-likeness (QED) is 0.540. The molecular weight excluding hydrogens is 362 g/mol. The standard InChI is InChI=1S/C16H14ClN5O4/c1-9-3-4-13(14(5-9)22(24)25)19-16(23)15-12(10(2)26-20-15)8-21-7-11(17)6-18-21/h3-7H,8H2,1-2H3,(H,19,23). The van der Waals surface area contributed by atoms with Crippen LogP contribution >= 0.6 is 11.6 Å². The summed E-state index contributed by atoms with van der Waals surface area (Å²) in [6.07, 6.45) is 3.07. The first kappa shape index (κ1) is 17.6. The number of nitro groups is 1. The maximum atomic E-state index is 12.6. The third kappa shape index (κ3) is 3.57. The topological polar surface area (TPSA) is 116 Å². The lowest BCUT2D eigenvalue weighted by atomic mass is 10.1. The van der Waals surface area contributed by atoms with Gasteiger partial charge in [0, 0.05) is 17.8 Å². The molecule has 0 saturated heterocycles. The molecule has 10 heteroatoms. The number of rotatable bonds is 5. The number of carbonyl (C=O) groups excluding carboxylic acids is 1. The van der Waals surface area contributed by atoms with Crippen molar-refractivity contribution >= 4 is 28.9 Å². The number of aryl methyl sites for hydroxylation is 2. The molecule has 0 atom stereocenters. The second-order valence-electron chi connectivity index (χ2n) is 5.65. The number of halogens is 1. The molecule has 0 aliphatic heterocycles. The highest BCUT2D eigenvalue weighted by atomic mass is 35.5. The molecule has 1 N–H and O–H groups in total. The lowest BCUT2D eigenvalue weighted by Gasteiger charge is -2.07. The van der Waals surface area contributed by atoms with Gasteiger partial charge < -0.3 is 9.84 Å². The van der Waals surface area contributed by atoms with Gasteiger partial charge in [0.2, 0.25) is 0 Å². The van der Waals surface area contributed by atoms with E-state index in [-0.39, 0.29) is 23.6 Å². The monoisotopic (exact) mass is 375 g/mol. The van der Waals surface area contributed by atoms with Gasteiger partial charge in [0.05, 0.1) is 22.7 Å². The van der Waals surface area contributed by atoms with Crippen molar-refractivity contribution < 1.29 is 14.2 Å². The predicted molar refractivity (Wildman–Crippen MR) is 93.4 cm³/mol. The van der Waals surface area contributed by atoms with E-state index in [9.17, 15) is 14.9 Å². The Morgan fingerprint density at radius 2 is 2.19 bits per heavy atom. The van der Waals surface area contributed by atoms with Crippen LogP contribution in [0.15, 0.2) is 35.1 Å². The van der Waals surface area contributed by atoms with Gasteiger partial charge in [0.1, 0.15) is 11.4 Å². The Morgan fingerprint density at radius 1 is 1.42 bits per heavy atom. The van der Waals surface area contributed by atoms with Crippen molar-refractivity contribution in [3.05, 3.63) is 68.3 Å². The van der Waals surface area contributed by atoms with Gasteiger partial charge in [-0.15, -0.1) is 0 Å². The number of nitro benzene ring substituents is 1. The number of carbonyl (C=O) groups is 1. The summed E-state index contributed by atoms with van der Waals surface area (Å²) in [6.45, 7) is 3.62. The molecule has 0 fully saturated rings. The maximum absolute atomic E-state index is 12.6. The molecule has 0 radical (unpaired) electrons. The molecule has 0 aliphatic rings. The fraction of sp³-hybridized carbons (Fsp3) is 0.188. The van der Waals surface area contributed by atoms with Gasteiger partial charge in [-0.05, 0) is 25.5 Å². The SMILES string of the molecule is Cc1ccc(NC(=O)c2noc(C)c2Cn2cc(Cl)cn2)c([N+](=O)[O-])c1. The molecule has 0 unspecified atom stereocenters. The number of amides is 1. The molecule has 0 aliphatic carbocycles. The summed E-state index contributed by atoms with van der Waals surface area (Å²) in [5.74, 6) is -0.165. The zero-order valence-electron chi connectivity index (χ0n) is 13.9. The van der Waals surface area contributed by atoms with E-state index < -0.39 is 10.8 Å². The second-order valence-corrected chi connectivity index (χ2v) is 6.09. The molecule has 0 saturated carbocycles. The van der Waals surface area contributed by atoms with Crippen LogP contribution in [0.25, 0.3) is 0 Å². The highest BCUT2D eigenvalue weighted by molar-refractivity contribution is 6.30. The van der Waals surface area contributed by atoms with Crippen LogP contribution in [0, 0.1) is 24.0 Å². The fourth-order valence-corrected chi connectivity index (χ4v) is 2.58. The van der Waals surface area contributed by atoms with E-state index in [2.05, 4.69) is 15.6 Å². The average Bonchev–Trinajstić information content (AvgIpc) is 3.15. The number of nitrogens with one attached hydrogen (secondary N) is 1. The van der Waals surface area contributed by atoms with Crippen molar-refractivity contribution in [2.24, 2.45) is 0 Å². The van der Waals surface area contributed by atoms with Crippen LogP contribution in [0.5, 0.6) is 0 Å². The Bertz CT molecular complexity index is 994. The Hall–Kier alpha value is -3.20. The van der Waals surface area contributed by atoms with Crippen LogP contribution in [0.4, 0.5) is 11.4 Å². The molecule has 2 heterocycles. The molecule has 9 nitrogen and oxygen atoms in total. The van der Waals surface area contributed by atoms with Crippen molar-refractivity contribution in [1.82, 2.24) is 14.9 Å². The number of hydrogen-bond acceptors (Lipinski definition) is 6. The average molecular weight is 376 g/mol. The number of aromatic nitrogens is 3. The second kappa shape index (κ2) is 6.96. The van der Waals surface area contributed by atoms with E-state index in [0.717, 1.165) is 0 Å². The first-order chi connectivity index (χ1) is 12.3. The van der Waals surface area contributed by atoms with E-state index in [1.165, 1.54) is 23.0 Å². The summed E-state index contributed by atoms with van der Waals surface area (Å²) < 4.78 is 6.65. The zero-order chi connectivity index (χ0) is 18.8. The summed E-state index contributed by atoms with van der Waals surface area (Å²) in [6, 6.07) is 4.53. The van der Waals surface area contributed by atoms with Gasteiger partial charge in [-0.2, -0.15) is 5.10 Å². The lowest BCUT2D eigenvalue weighted by Crippen LogP contribution is -2.16. The summed E-state index contributed by atoms with van der Waals surface area (Å²) in [5, 5.41) is 22.0. The van der Waals surface area contributed by atoms with E-state index in [4.69, 9.17) is 16.1 Å². The van der Waals surface area contributed by atoms with E-state index in [0.29, 0.717) is 21.9 Å². The molecule has 26 heavy (non-hydrogen) atoms. The normalized spacial score (nSPS) is 10.7. The highest BCUT2D eigenvalue weighted by Crippen LogP contribution is 2.26. The Morgan fingerprint density at radius 3 is 2.85 bits per heavy atom. The minimum absolute atomic E-state index is 0.0315. The molecule has 3 rings (SSSR count). The summed E-state index contributed by atoms with van der Waals surface area (Å²) in [5.41, 5.74) is 1.14. The minimum Gasteiger partial charge on any atom is -0.361 e. The van der Waals surface area contributed by atoms with Crippen molar-refractivity contribution in [2.45, 2.75) is 20.4 Å². The van der Waals surface area contributed by atoms with Crippen molar-refractivity contribution in [3.8, 4) is 0 Å². The Kier molecular flexibility index (Phi) is 4.72. The van der Waals surface area contributed by atoms with Gasteiger partial charge in [0.15, 0.2) is 5.69 Å².